The molecule has 5 amide bonds. The number of rotatable bonds is 7. The number of nitrogens with one attached hydrogen (secondary N) is 2. The second-order valence-corrected chi connectivity index (χ2v) is 8.38. The Morgan fingerprint density at radius 2 is 1.69 bits per heavy atom. The van der Waals surface area contributed by atoms with Crippen molar-refractivity contribution in [1.29, 1.82) is 0 Å². The Morgan fingerprint density at radius 3 is 2.28 bits per heavy atom. The van der Waals surface area contributed by atoms with Gasteiger partial charge < -0.3 is 15.5 Å². The van der Waals surface area contributed by atoms with E-state index in [9.17, 15) is 19.2 Å². The fourth-order valence-electron chi connectivity index (χ4n) is 3.62. The average molecular weight is 501 g/mol. The SMILES string of the molecule is CCN(CC)C(=O)c1ccc(NC(=O)CN2C(=O)N[C@](C)(c3ccccc3Br)C2=O)cc1. The predicted molar refractivity (Wildman–Crippen MR) is 124 cm³/mol. The van der Waals surface area contributed by atoms with Gasteiger partial charge in [0.1, 0.15) is 12.1 Å². The van der Waals surface area contributed by atoms with Gasteiger partial charge in [0.15, 0.2) is 0 Å². The Hall–Kier alpha value is -3.20. The quantitative estimate of drug-likeness (QED) is 0.569. The Morgan fingerprint density at radius 1 is 1.06 bits per heavy atom. The number of amides is 5. The molecule has 0 unspecified atom stereocenters. The fraction of sp³-hybridized carbons (Fsp3) is 0.304. The van der Waals surface area contributed by atoms with Gasteiger partial charge in [-0.3, -0.25) is 19.3 Å². The van der Waals surface area contributed by atoms with Gasteiger partial charge in [0, 0.05) is 34.4 Å². The van der Waals surface area contributed by atoms with E-state index in [4.69, 9.17) is 0 Å². The molecule has 1 fully saturated rings. The van der Waals surface area contributed by atoms with Crippen LogP contribution in [0.5, 0.6) is 0 Å². The van der Waals surface area contributed by atoms with Gasteiger partial charge in [0.2, 0.25) is 5.91 Å². The highest BCUT2D eigenvalue weighted by Gasteiger charge is 2.50. The molecule has 9 heteroatoms. The zero-order chi connectivity index (χ0) is 23.5. The van der Waals surface area contributed by atoms with E-state index < -0.39 is 29.9 Å². The van der Waals surface area contributed by atoms with Gasteiger partial charge in [0.05, 0.1) is 0 Å². The van der Waals surface area contributed by atoms with Gasteiger partial charge in [-0.05, 0) is 51.1 Å². The van der Waals surface area contributed by atoms with Crippen molar-refractivity contribution in [1.82, 2.24) is 15.1 Å². The molecule has 1 heterocycles. The van der Waals surface area contributed by atoms with Crippen LogP contribution in [0.4, 0.5) is 10.5 Å². The van der Waals surface area contributed by atoms with E-state index in [-0.39, 0.29) is 5.91 Å². The summed E-state index contributed by atoms with van der Waals surface area (Å²) >= 11 is 3.41. The summed E-state index contributed by atoms with van der Waals surface area (Å²) < 4.78 is 0.682. The van der Waals surface area contributed by atoms with Crippen LogP contribution >= 0.6 is 15.9 Å². The molecule has 32 heavy (non-hydrogen) atoms. The number of nitrogens with zero attached hydrogens (tertiary/aromatic N) is 2. The molecular weight excluding hydrogens is 476 g/mol. The van der Waals surface area contributed by atoms with Crippen LogP contribution in [-0.2, 0) is 15.1 Å². The number of carbonyl (C=O) groups is 4. The Bertz CT molecular complexity index is 1050. The molecule has 2 aromatic rings. The number of halogens is 1. The average Bonchev–Trinajstić information content (AvgIpc) is 2.99. The van der Waals surface area contributed by atoms with Gasteiger partial charge in [-0.25, -0.2) is 4.79 Å². The van der Waals surface area contributed by atoms with Crippen LogP contribution < -0.4 is 10.6 Å². The maximum Gasteiger partial charge on any atom is 0.325 e. The minimum atomic E-state index is -1.27. The van der Waals surface area contributed by atoms with E-state index >= 15 is 0 Å². The molecule has 0 bridgehead atoms. The van der Waals surface area contributed by atoms with Gasteiger partial charge in [-0.15, -0.1) is 0 Å². The predicted octanol–water partition coefficient (Wildman–Crippen LogP) is 3.34. The van der Waals surface area contributed by atoms with E-state index in [0.29, 0.717) is 34.4 Å². The molecule has 2 aromatic carbocycles. The second kappa shape index (κ2) is 9.52. The minimum absolute atomic E-state index is 0.0847. The lowest BCUT2D eigenvalue weighted by atomic mass is 9.92. The topological polar surface area (TPSA) is 98.8 Å². The van der Waals surface area contributed by atoms with Crippen LogP contribution in [0.2, 0.25) is 0 Å². The molecule has 168 valence electrons. The van der Waals surface area contributed by atoms with Crippen molar-refractivity contribution < 1.29 is 19.2 Å². The molecule has 0 radical (unpaired) electrons. The normalized spacial score (nSPS) is 17.8. The first-order chi connectivity index (χ1) is 15.2. The molecule has 1 atom stereocenters. The van der Waals surface area contributed by atoms with Crippen molar-refractivity contribution in [2.45, 2.75) is 26.3 Å². The standard InChI is InChI=1S/C23H25BrN4O4/c1-4-27(5-2)20(30)15-10-12-16(13-11-15)25-19(29)14-28-21(31)23(3,26-22(28)32)17-8-6-7-9-18(17)24/h6-13H,4-5,14H2,1-3H3,(H,25,29)(H,26,32)/t23-/m1/s1. The van der Waals surface area contributed by atoms with Gasteiger partial charge >= 0.3 is 6.03 Å². The summed E-state index contributed by atoms with van der Waals surface area (Å²) in [7, 11) is 0. The fourth-order valence-corrected chi connectivity index (χ4v) is 4.30. The van der Waals surface area contributed by atoms with Crippen LogP contribution in [0.1, 0.15) is 36.7 Å². The zero-order valence-electron chi connectivity index (χ0n) is 18.1. The highest BCUT2D eigenvalue weighted by atomic mass is 79.9. The van der Waals surface area contributed by atoms with Crippen molar-refractivity contribution in [3.63, 3.8) is 0 Å². The van der Waals surface area contributed by atoms with E-state index in [1.165, 1.54) is 0 Å². The molecule has 0 aliphatic carbocycles. The van der Waals surface area contributed by atoms with Gasteiger partial charge in [-0.2, -0.15) is 0 Å². The van der Waals surface area contributed by atoms with E-state index in [0.717, 1.165) is 4.90 Å². The second-order valence-electron chi connectivity index (χ2n) is 7.53. The largest absolute Gasteiger partial charge is 0.339 e. The lowest BCUT2D eigenvalue weighted by molar-refractivity contribution is -0.133. The van der Waals surface area contributed by atoms with Crippen molar-refractivity contribution in [2.24, 2.45) is 0 Å². The number of hydrogen-bond donors (Lipinski definition) is 2. The third-order valence-corrected chi connectivity index (χ3v) is 6.15. The van der Waals surface area contributed by atoms with Crippen LogP contribution in [0.25, 0.3) is 0 Å². The molecule has 1 aliphatic heterocycles. The molecule has 0 aromatic heterocycles. The first kappa shape index (κ1) is 23.5. The summed E-state index contributed by atoms with van der Waals surface area (Å²) in [6.45, 7) is 6.22. The minimum Gasteiger partial charge on any atom is -0.339 e. The van der Waals surface area contributed by atoms with Crippen LogP contribution in [0, 0.1) is 0 Å². The summed E-state index contributed by atoms with van der Waals surface area (Å²) in [5.74, 6) is -1.11. The number of anilines is 1. The summed E-state index contributed by atoms with van der Waals surface area (Å²) in [5.41, 5.74) is 0.315. The van der Waals surface area contributed by atoms with Crippen molar-refractivity contribution in [3.05, 3.63) is 64.1 Å². The summed E-state index contributed by atoms with van der Waals surface area (Å²) in [5, 5.41) is 5.35. The summed E-state index contributed by atoms with van der Waals surface area (Å²) in [4.78, 5) is 53.0. The number of carbonyl (C=O) groups excluding carboxylic acids is 4. The molecule has 0 spiro atoms. The number of hydrogen-bond acceptors (Lipinski definition) is 4. The number of benzene rings is 2. The first-order valence-corrected chi connectivity index (χ1v) is 11.1. The molecule has 3 rings (SSSR count). The maximum absolute atomic E-state index is 13.0. The molecule has 1 aliphatic rings. The van der Waals surface area contributed by atoms with Crippen molar-refractivity contribution in [2.75, 3.05) is 25.0 Å². The summed E-state index contributed by atoms with van der Waals surface area (Å²) in [6, 6.07) is 13.0. The van der Waals surface area contributed by atoms with E-state index in [2.05, 4.69) is 26.6 Å². The smallest absolute Gasteiger partial charge is 0.325 e. The van der Waals surface area contributed by atoms with Gasteiger partial charge in [-0.1, -0.05) is 34.1 Å². The van der Waals surface area contributed by atoms with Crippen LogP contribution in [-0.4, -0.2) is 53.2 Å². The monoisotopic (exact) mass is 500 g/mol. The van der Waals surface area contributed by atoms with Gasteiger partial charge in [0.25, 0.3) is 11.8 Å². The Labute approximate surface area is 195 Å². The lowest BCUT2D eigenvalue weighted by Gasteiger charge is -2.23. The lowest BCUT2D eigenvalue weighted by Crippen LogP contribution is -2.42. The van der Waals surface area contributed by atoms with Crippen LogP contribution in [0.15, 0.2) is 53.0 Å². The molecule has 0 saturated carbocycles. The highest BCUT2D eigenvalue weighted by Crippen LogP contribution is 2.33. The third kappa shape index (κ3) is 4.52. The maximum atomic E-state index is 13.0. The van der Waals surface area contributed by atoms with Crippen molar-refractivity contribution >= 4 is 45.4 Å². The molecule has 2 N–H and O–H groups in total. The Balaban J connectivity index is 1.67. The van der Waals surface area contributed by atoms with Crippen molar-refractivity contribution in [3.8, 4) is 0 Å². The molecular formula is C23H25BrN4O4. The zero-order valence-corrected chi connectivity index (χ0v) is 19.7. The van der Waals surface area contributed by atoms with Crippen LogP contribution in [0.3, 0.4) is 0 Å². The summed E-state index contributed by atoms with van der Waals surface area (Å²) in [6.07, 6.45) is 0. The Kier molecular flexibility index (Phi) is 6.98. The number of urea groups is 1. The van der Waals surface area contributed by atoms with E-state index in [1.807, 2.05) is 19.9 Å². The third-order valence-electron chi connectivity index (χ3n) is 5.46. The molecule has 1 saturated heterocycles. The number of imide groups is 1. The highest BCUT2D eigenvalue weighted by molar-refractivity contribution is 9.10. The van der Waals surface area contributed by atoms with E-state index in [1.54, 1.807) is 54.3 Å². The molecule has 8 nitrogen and oxygen atoms in total. The first-order valence-electron chi connectivity index (χ1n) is 10.3.